The summed E-state index contributed by atoms with van der Waals surface area (Å²) in [5, 5.41) is 9.61. The first-order chi connectivity index (χ1) is 10.7. The molecule has 1 heterocycles. The summed E-state index contributed by atoms with van der Waals surface area (Å²) in [5.41, 5.74) is 2.02. The summed E-state index contributed by atoms with van der Waals surface area (Å²) in [6, 6.07) is 14.0. The number of hydrogen-bond donors (Lipinski definition) is 0. The van der Waals surface area contributed by atoms with Gasteiger partial charge < -0.3 is 9.15 Å². The van der Waals surface area contributed by atoms with Gasteiger partial charge in [0.05, 0.1) is 24.3 Å². The summed E-state index contributed by atoms with van der Waals surface area (Å²) in [4.78, 5) is 12.0. The van der Waals surface area contributed by atoms with Gasteiger partial charge in [0.15, 0.2) is 0 Å². The highest BCUT2D eigenvalue weighted by Gasteiger charge is 2.12. The maximum atomic E-state index is 12.0. The summed E-state index contributed by atoms with van der Waals surface area (Å²) < 4.78 is 11.6. The Morgan fingerprint density at radius 2 is 2.00 bits per heavy atom. The molecule has 22 heavy (non-hydrogen) atoms. The second-order valence-corrected chi connectivity index (χ2v) is 5.60. The zero-order valence-corrected chi connectivity index (χ0v) is 13.0. The molecule has 5 heteroatoms. The number of furan rings is 1. The van der Waals surface area contributed by atoms with Crippen LogP contribution in [-0.2, 0) is 11.2 Å². The van der Waals surface area contributed by atoms with E-state index in [0.717, 1.165) is 21.0 Å². The molecule has 0 saturated heterocycles. The van der Waals surface area contributed by atoms with Crippen LogP contribution in [0.25, 0.3) is 11.0 Å². The number of esters is 1. The van der Waals surface area contributed by atoms with Gasteiger partial charge in [-0.05, 0) is 42.5 Å². The van der Waals surface area contributed by atoms with Crippen molar-refractivity contribution in [1.82, 2.24) is 0 Å². The van der Waals surface area contributed by atoms with Crippen molar-refractivity contribution in [2.75, 3.05) is 0 Å². The van der Waals surface area contributed by atoms with E-state index in [4.69, 9.17) is 14.4 Å². The molecule has 0 aliphatic rings. The number of rotatable bonds is 3. The van der Waals surface area contributed by atoms with Crippen LogP contribution in [0.2, 0.25) is 0 Å². The number of nitriles is 1. The van der Waals surface area contributed by atoms with Crippen LogP contribution < -0.4 is 4.74 Å². The normalized spacial score (nSPS) is 10.4. The molecule has 0 aliphatic heterocycles. The Labute approximate surface area is 135 Å². The SMILES string of the molecule is N#Cc1ccc(OC(=O)Cc2coc3ccc(Br)cc23)cc1. The highest BCUT2D eigenvalue weighted by molar-refractivity contribution is 9.10. The molecule has 0 amide bonds. The molecule has 0 saturated carbocycles. The lowest BCUT2D eigenvalue weighted by Crippen LogP contribution is -2.10. The molecular weight excluding hydrogens is 346 g/mol. The predicted octanol–water partition coefficient (Wildman–Crippen LogP) is 4.22. The third-order valence-electron chi connectivity index (χ3n) is 3.17. The Kier molecular flexibility index (Phi) is 3.94. The van der Waals surface area contributed by atoms with Crippen LogP contribution in [0.5, 0.6) is 5.75 Å². The summed E-state index contributed by atoms with van der Waals surface area (Å²) in [5.74, 6) is 0.0327. The fourth-order valence-electron chi connectivity index (χ4n) is 2.11. The van der Waals surface area contributed by atoms with Gasteiger partial charge in [0.1, 0.15) is 11.3 Å². The molecule has 4 nitrogen and oxygen atoms in total. The first-order valence-electron chi connectivity index (χ1n) is 6.52. The molecule has 0 bridgehead atoms. The minimum absolute atomic E-state index is 0.115. The lowest BCUT2D eigenvalue weighted by atomic mass is 10.1. The molecule has 2 aromatic carbocycles. The van der Waals surface area contributed by atoms with Crippen molar-refractivity contribution in [3.05, 3.63) is 64.3 Å². The summed E-state index contributed by atoms with van der Waals surface area (Å²) in [6.45, 7) is 0. The van der Waals surface area contributed by atoms with Crippen LogP contribution in [0.1, 0.15) is 11.1 Å². The Bertz CT molecular complexity index is 875. The number of carbonyl (C=O) groups is 1. The van der Waals surface area contributed by atoms with Crippen molar-refractivity contribution in [1.29, 1.82) is 5.26 Å². The highest BCUT2D eigenvalue weighted by atomic mass is 79.9. The van der Waals surface area contributed by atoms with E-state index < -0.39 is 0 Å². The van der Waals surface area contributed by atoms with Crippen molar-refractivity contribution in [2.24, 2.45) is 0 Å². The summed E-state index contributed by atoms with van der Waals surface area (Å²) >= 11 is 3.40. The van der Waals surface area contributed by atoms with Crippen molar-refractivity contribution in [2.45, 2.75) is 6.42 Å². The van der Waals surface area contributed by atoms with Gasteiger partial charge in [0.2, 0.25) is 0 Å². The summed E-state index contributed by atoms with van der Waals surface area (Å²) in [7, 11) is 0. The zero-order chi connectivity index (χ0) is 15.5. The molecule has 108 valence electrons. The van der Waals surface area contributed by atoms with E-state index in [-0.39, 0.29) is 12.4 Å². The lowest BCUT2D eigenvalue weighted by molar-refractivity contribution is -0.133. The zero-order valence-electron chi connectivity index (χ0n) is 11.4. The molecule has 1 aromatic heterocycles. The van der Waals surface area contributed by atoms with Crippen LogP contribution in [0.4, 0.5) is 0 Å². The monoisotopic (exact) mass is 355 g/mol. The van der Waals surface area contributed by atoms with E-state index in [1.165, 1.54) is 0 Å². The van der Waals surface area contributed by atoms with Gasteiger partial charge in [-0.3, -0.25) is 4.79 Å². The third-order valence-corrected chi connectivity index (χ3v) is 3.66. The molecular formula is C17H10BrNO3. The van der Waals surface area contributed by atoms with E-state index in [9.17, 15) is 4.79 Å². The first kappa shape index (κ1) is 14.4. The second kappa shape index (κ2) is 6.04. The highest BCUT2D eigenvalue weighted by Crippen LogP contribution is 2.25. The molecule has 3 aromatic rings. The van der Waals surface area contributed by atoms with Gasteiger partial charge in [0.25, 0.3) is 0 Å². The van der Waals surface area contributed by atoms with Gasteiger partial charge >= 0.3 is 5.97 Å². The van der Waals surface area contributed by atoms with Gasteiger partial charge in [-0.25, -0.2) is 0 Å². The fourth-order valence-corrected chi connectivity index (χ4v) is 2.47. The number of nitrogens with zero attached hydrogens (tertiary/aromatic N) is 1. The van der Waals surface area contributed by atoms with E-state index in [0.29, 0.717) is 11.3 Å². The van der Waals surface area contributed by atoms with E-state index >= 15 is 0 Å². The number of fused-ring (bicyclic) bond motifs is 1. The number of carbonyl (C=O) groups excluding carboxylic acids is 1. The van der Waals surface area contributed by atoms with Crippen LogP contribution in [0, 0.1) is 11.3 Å². The third kappa shape index (κ3) is 3.02. The molecule has 0 radical (unpaired) electrons. The van der Waals surface area contributed by atoms with Gasteiger partial charge in [-0.15, -0.1) is 0 Å². The molecule has 0 atom stereocenters. The smallest absolute Gasteiger partial charge is 0.315 e. The quantitative estimate of drug-likeness (QED) is 0.521. The van der Waals surface area contributed by atoms with Crippen LogP contribution in [0.3, 0.4) is 0 Å². The molecule has 0 N–H and O–H groups in total. The average Bonchev–Trinajstić information content (AvgIpc) is 2.90. The van der Waals surface area contributed by atoms with Crippen molar-refractivity contribution in [3.8, 4) is 11.8 Å². The Hall–Kier alpha value is -2.58. The second-order valence-electron chi connectivity index (χ2n) is 4.69. The Morgan fingerprint density at radius 3 is 2.73 bits per heavy atom. The van der Waals surface area contributed by atoms with Gasteiger partial charge in [0, 0.05) is 15.4 Å². The van der Waals surface area contributed by atoms with E-state index in [1.807, 2.05) is 24.3 Å². The summed E-state index contributed by atoms with van der Waals surface area (Å²) in [6.07, 6.45) is 1.68. The maximum absolute atomic E-state index is 12.0. The molecule has 3 rings (SSSR count). The van der Waals surface area contributed by atoms with E-state index in [1.54, 1.807) is 30.5 Å². The van der Waals surface area contributed by atoms with Crippen LogP contribution >= 0.6 is 15.9 Å². The first-order valence-corrected chi connectivity index (χ1v) is 7.31. The van der Waals surface area contributed by atoms with Crippen molar-refractivity contribution in [3.63, 3.8) is 0 Å². The molecule has 0 fully saturated rings. The van der Waals surface area contributed by atoms with Crippen molar-refractivity contribution >= 4 is 32.9 Å². The van der Waals surface area contributed by atoms with Crippen LogP contribution in [0.15, 0.2) is 57.6 Å². The molecule has 0 unspecified atom stereocenters. The molecule has 0 spiro atoms. The maximum Gasteiger partial charge on any atom is 0.315 e. The largest absolute Gasteiger partial charge is 0.464 e. The Balaban J connectivity index is 1.75. The minimum Gasteiger partial charge on any atom is -0.464 e. The average molecular weight is 356 g/mol. The minimum atomic E-state index is -0.382. The fraction of sp³-hybridized carbons (Fsp3) is 0.0588. The van der Waals surface area contributed by atoms with Crippen molar-refractivity contribution < 1.29 is 13.9 Å². The standard InChI is InChI=1S/C17H10BrNO3/c18-13-3-6-16-15(8-13)12(10-21-16)7-17(20)22-14-4-1-11(9-19)2-5-14/h1-6,8,10H,7H2. The number of hydrogen-bond acceptors (Lipinski definition) is 4. The Morgan fingerprint density at radius 1 is 1.23 bits per heavy atom. The van der Waals surface area contributed by atoms with Gasteiger partial charge in [-0.1, -0.05) is 15.9 Å². The predicted molar refractivity (Wildman–Crippen MR) is 84.4 cm³/mol. The number of ether oxygens (including phenoxy) is 1. The number of halogens is 1. The van der Waals surface area contributed by atoms with Gasteiger partial charge in [-0.2, -0.15) is 5.26 Å². The lowest BCUT2D eigenvalue weighted by Gasteiger charge is -2.03. The number of benzene rings is 2. The molecule has 0 aliphatic carbocycles. The van der Waals surface area contributed by atoms with E-state index in [2.05, 4.69) is 15.9 Å². The van der Waals surface area contributed by atoms with Crippen LogP contribution in [-0.4, -0.2) is 5.97 Å². The topological polar surface area (TPSA) is 63.2 Å².